The molecule has 5 nitrogen and oxygen atoms in total. The monoisotopic (exact) mass is 301 g/mol. The molecule has 1 amide bonds. The Morgan fingerprint density at radius 3 is 2.91 bits per heavy atom. The van der Waals surface area contributed by atoms with E-state index in [0.717, 1.165) is 52.0 Å². The standard InChI is InChI=1S/C17H23N3O2/c21-17(16-4-2-8-22-16)20-10-13-5-7-19(11-14(13)12-20)15-3-1-6-18-9-15/h1,3,6,9,13-14,16H,2,4-5,7-8,10-12H2/t13-,14+,16-/m0/s1. The van der Waals surface area contributed by atoms with Gasteiger partial charge in [0.1, 0.15) is 6.10 Å². The fraction of sp³-hybridized carbons (Fsp3) is 0.647. The zero-order valence-electron chi connectivity index (χ0n) is 12.9. The van der Waals surface area contributed by atoms with Gasteiger partial charge < -0.3 is 14.5 Å². The van der Waals surface area contributed by atoms with E-state index in [9.17, 15) is 4.79 Å². The van der Waals surface area contributed by atoms with Crippen molar-refractivity contribution in [3.05, 3.63) is 24.5 Å². The summed E-state index contributed by atoms with van der Waals surface area (Å²) in [5.74, 6) is 1.46. The van der Waals surface area contributed by atoms with Gasteiger partial charge in [0.15, 0.2) is 0 Å². The first-order chi connectivity index (χ1) is 10.8. The molecular weight excluding hydrogens is 278 g/mol. The third kappa shape index (κ3) is 2.58. The lowest BCUT2D eigenvalue weighted by Crippen LogP contribution is -2.40. The average Bonchev–Trinajstić information content (AvgIpc) is 3.23. The first-order valence-electron chi connectivity index (χ1n) is 8.36. The molecule has 5 heteroatoms. The van der Waals surface area contributed by atoms with Crippen molar-refractivity contribution in [1.82, 2.24) is 9.88 Å². The van der Waals surface area contributed by atoms with Crippen molar-refractivity contribution in [2.45, 2.75) is 25.4 Å². The van der Waals surface area contributed by atoms with Gasteiger partial charge in [-0.05, 0) is 43.2 Å². The van der Waals surface area contributed by atoms with E-state index in [1.165, 1.54) is 5.69 Å². The Labute approximate surface area is 131 Å². The smallest absolute Gasteiger partial charge is 0.251 e. The molecule has 4 rings (SSSR count). The Morgan fingerprint density at radius 1 is 1.23 bits per heavy atom. The predicted molar refractivity (Wildman–Crippen MR) is 83.6 cm³/mol. The van der Waals surface area contributed by atoms with Crippen molar-refractivity contribution in [2.75, 3.05) is 37.7 Å². The molecule has 118 valence electrons. The maximum absolute atomic E-state index is 12.5. The molecule has 4 heterocycles. The number of anilines is 1. The van der Waals surface area contributed by atoms with Crippen LogP contribution in [0.1, 0.15) is 19.3 Å². The third-order valence-electron chi connectivity index (χ3n) is 5.33. The summed E-state index contributed by atoms with van der Waals surface area (Å²) < 4.78 is 5.56. The van der Waals surface area contributed by atoms with Crippen LogP contribution in [-0.2, 0) is 9.53 Å². The fourth-order valence-electron chi connectivity index (χ4n) is 4.10. The second kappa shape index (κ2) is 5.88. The van der Waals surface area contributed by atoms with Crippen LogP contribution in [0.4, 0.5) is 5.69 Å². The van der Waals surface area contributed by atoms with Gasteiger partial charge in [-0.15, -0.1) is 0 Å². The summed E-state index contributed by atoms with van der Waals surface area (Å²) in [6.07, 6.45) is 6.65. The first kappa shape index (κ1) is 14.0. The van der Waals surface area contributed by atoms with Crippen LogP contribution < -0.4 is 4.90 Å². The number of ether oxygens (including phenoxy) is 1. The molecule has 0 N–H and O–H groups in total. The van der Waals surface area contributed by atoms with E-state index in [4.69, 9.17) is 4.74 Å². The molecule has 0 saturated carbocycles. The van der Waals surface area contributed by atoms with Crippen molar-refractivity contribution >= 4 is 11.6 Å². The number of piperidine rings is 1. The van der Waals surface area contributed by atoms with Gasteiger partial charge in [0, 0.05) is 39.0 Å². The van der Waals surface area contributed by atoms with E-state index in [1.54, 1.807) is 0 Å². The highest BCUT2D eigenvalue weighted by molar-refractivity contribution is 5.81. The van der Waals surface area contributed by atoms with E-state index in [-0.39, 0.29) is 12.0 Å². The molecule has 3 atom stereocenters. The van der Waals surface area contributed by atoms with Crippen LogP contribution in [0.2, 0.25) is 0 Å². The van der Waals surface area contributed by atoms with Gasteiger partial charge in [-0.3, -0.25) is 9.78 Å². The van der Waals surface area contributed by atoms with Gasteiger partial charge in [-0.1, -0.05) is 0 Å². The van der Waals surface area contributed by atoms with E-state index in [1.807, 2.05) is 18.5 Å². The second-order valence-electron chi connectivity index (χ2n) is 6.71. The number of hydrogen-bond acceptors (Lipinski definition) is 4. The lowest BCUT2D eigenvalue weighted by molar-refractivity contribution is -0.140. The Hall–Kier alpha value is -1.62. The second-order valence-corrected chi connectivity index (χ2v) is 6.71. The first-order valence-corrected chi connectivity index (χ1v) is 8.36. The van der Waals surface area contributed by atoms with Gasteiger partial charge in [0.25, 0.3) is 5.91 Å². The molecule has 1 aromatic heterocycles. The van der Waals surface area contributed by atoms with Crippen molar-refractivity contribution in [2.24, 2.45) is 11.8 Å². The number of likely N-dealkylation sites (tertiary alicyclic amines) is 1. The Bertz CT molecular complexity index is 530. The number of fused-ring (bicyclic) bond motifs is 1. The molecule has 3 aliphatic rings. The van der Waals surface area contributed by atoms with E-state index in [2.05, 4.69) is 20.9 Å². The van der Waals surface area contributed by atoms with E-state index < -0.39 is 0 Å². The minimum Gasteiger partial charge on any atom is -0.370 e. The maximum atomic E-state index is 12.5. The summed E-state index contributed by atoms with van der Waals surface area (Å²) in [7, 11) is 0. The molecule has 22 heavy (non-hydrogen) atoms. The van der Waals surface area contributed by atoms with E-state index >= 15 is 0 Å². The predicted octanol–water partition coefficient (Wildman–Crippen LogP) is 1.55. The zero-order chi connectivity index (χ0) is 14.9. The Balaban J connectivity index is 1.40. The van der Waals surface area contributed by atoms with Crippen molar-refractivity contribution in [3.63, 3.8) is 0 Å². The summed E-state index contributed by atoms with van der Waals surface area (Å²) in [4.78, 5) is 21.2. The highest BCUT2D eigenvalue weighted by atomic mass is 16.5. The minimum atomic E-state index is -0.172. The Kier molecular flexibility index (Phi) is 3.74. The van der Waals surface area contributed by atoms with Crippen LogP contribution >= 0.6 is 0 Å². The summed E-state index contributed by atoms with van der Waals surface area (Å²) >= 11 is 0. The molecule has 1 aromatic rings. The number of amides is 1. The van der Waals surface area contributed by atoms with Gasteiger partial charge in [0.2, 0.25) is 0 Å². The molecule has 3 saturated heterocycles. The number of nitrogens with zero attached hydrogens (tertiary/aromatic N) is 3. The quantitative estimate of drug-likeness (QED) is 0.831. The molecule has 0 aliphatic carbocycles. The van der Waals surface area contributed by atoms with Gasteiger partial charge >= 0.3 is 0 Å². The highest BCUT2D eigenvalue weighted by Crippen LogP contribution is 2.34. The van der Waals surface area contributed by atoms with Gasteiger partial charge in [-0.2, -0.15) is 0 Å². The third-order valence-corrected chi connectivity index (χ3v) is 5.33. The summed E-state index contributed by atoms with van der Waals surface area (Å²) in [5, 5.41) is 0. The highest BCUT2D eigenvalue weighted by Gasteiger charge is 2.41. The SMILES string of the molecule is O=C([C@@H]1CCCO1)N1C[C@@H]2CCN(c3cccnc3)C[C@@H]2C1. The van der Waals surface area contributed by atoms with Crippen LogP contribution in [0.15, 0.2) is 24.5 Å². The molecule has 0 aromatic carbocycles. The topological polar surface area (TPSA) is 45.7 Å². The van der Waals surface area contributed by atoms with Crippen LogP contribution in [0.5, 0.6) is 0 Å². The van der Waals surface area contributed by atoms with Crippen molar-refractivity contribution in [1.29, 1.82) is 0 Å². The number of aromatic nitrogens is 1. The molecule has 0 spiro atoms. The fourth-order valence-corrected chi connectivity index (χ4v) is 4.10. The summed E-state index contributed by atoms with van der Waals surface area (Å²) in [6, 6.07) is 4.11. The average molecular weight is 301 g/mol. The molecule has 0 bridgehead atoms. The molecule has 0 unspecified atom stereocenters. The number of hydrogen-bond donors (Lipinski definition) is 0. The van der Waals surface area contributed by atoms with E-state index in [0.29, 0.717) is 11.8 Å². The van der Waals surface area contributed by atoms with Crippen LogP contribution in [0.3, 0.4) is 0 Å². The zero-order valence-corrected chi connectivity index (χ0v) is 12.9. The molecular formula is C17H23N3O2. The Morgan fingerprint density at radius 2 is 2.14 bits per heavy atom. The maximum Gasteiger partial charge on any atom is 0.251 e. The van der Waals surface area contributed by atoms with Crippen LogP contribution in [-0.4, -0.2) is 54.7 Å². The van der Waals surface area contributed by atoms with Gasteiger partial charge in [-0.25, -0.2) is 0 Å². The number of carbonyl (C=O) groups excluding carboxylic acids is 1. The lowest BCUT2D eigenvalue weighted by atomic mass is 9.88. The molecule has 0 radical (unpaired) electrons. The molecule has 3 fully saturated rings. The molecule has 3 aliphatic heterocycles. The number of rotatable bonds is 2. The minimum absolute atomic E-state index is 0.172. The van der Waals surface area contributed by atoms with Crippen molar-refractivity contribution < 1.29 is 9.53 Å². The van der Waals surface area contributed by atoms with Crippen LogP contribution in [0.25, 0.3) is 0 Å². The van der Waals surface area contributed by atoms with Crippen molar-refractivity contribution in [3.8, 4) is 0 Å². The number of carbonyl (C=O) groups is 1. The largest absolute Gasteiger partial charge is 0.370 e. The summed E-state index contributed by atoms with van der Waals surface area (Å²) in [6.45, 7) is 4.65. The number of pyridine rings is 1. The van der Waals surface area contributed by atoms with Gasteiger partial charge in [0.05, 0.1) is 11.9 Å². The lowest BCUT2D eigenvalue weighted by Gasteiger charge is -2.35. The van der Waals surface area contributed by atoms with Crippen LogP contribution in [0, 0.1) is 11.8 Å². The summed E-state index contributed by atoms with van der Waals surface area (Å²) in [5.41, 5.74) is 1.20. The normalized spacial score (nSPS) is 31.4.